The zero-order chi connectivity index (χ0) is 23.6. The van der Waals surface area contributed by atoms with E-state index < -0.39 is 0 Å². The molecule has 2 aromatic carbocycles. The molecule has 1 saturated heterocycles. The molecule has 2 aliphatic rings. The van der Waals surface area contributed by atoms with Gasteiger partial charge in [-0.3, -0.25) is 4.79 Å². The molecule has 0 bridgehead atoms. The van der Waals surface area contributed by atoms with Gasteiger partial charge in [0.25, 0.3) is 0 Å². The Kier molecular flexibility index (Phi) is 6.62. The van der Waals surface area contributed by atoms with E-state index >= 15 is 0 Å². The summed E-state index contributed by atoms with van der Waals surface area (Å²) < 4.78 is 10.9. The van der Waals surface area contributed by atoms with Gasteiger partial charge >= 0.3 is 5.97 Å². The van der Waals surface area contributed by atoms with Crippen molar-refractivity contribution in [3.05, 3.63) is 64.7 Å². The van der Waals surface area contributed by atoms with Crippen molar-refractivity contribution in [3.63, 3.8) is 0 Å². The summed E-state index contributed by atoms with van der Waals surface area (Å²) in [5.41, 5.74) is 5.23. The molecule has 5 nitrogen and oxygen atoms in total. The Morgan fingerprint density at radius 1 is 1.00 bits per heavy atom. The third-order valence-electron chi connectivity index (χ3n) is 7.23. The van der Waals surface area contributed by atoms with E-state index in [0.717, 1.165) is 30.5 Å². The molecule has 1 N–H and O–H groups in total. The Bertz CT molecular complexity index is 1020. The Morgan fingerprint density at radius 3 is 2.36 bits per heavy atom. The second-order valence-electron chi connectivity index (χ2n) is 10.7. The number of nitrogens with one attached hydrogen (secondary N) is 1. The molecule has 0 saturated carbocycles. The zero-order valence-electron chi connectivity index (χ0n) is 20.2. The summed E-state index contributed by atoms with van der Waals surface area (Å²) in [5.74, 6) is -0.338. The second kappa shape index (κ2) is 9.30. The third kappa shape index (κ3) is 5.30. The summed E-state index contributed by atoms with van der Waals surface area (Å²) in [7, 11) is 0. The van der Waals surface area contributed by atoms with Crippen LogP contribution in [0.25, 0.3) is 0 Å². The van der Waals surface area contributed by atoms with Gasteiger partial charge in [0, 0.05) is 18.7 Å². The van der Waals surface area contributed by atoms with Crippen molar-refractivity contribution in [2.24, 2.45) is 5.92 Å². The van der Waals surface area contributed by atoms with Gasteiger partial charge in [-0.15, -0.1) is 0 Å². The van der Waals surface area contributed by atoms with Gasteiger partial charge in [0.2, 0.25) is 5.91 Å². The SMILES string of the molecule is CC1(C)CCC(C)(C)c2cc(C(=O)OCCc3ccc(NC(=O)C4CCOC4)cc3)ccc21. The summed E-state index contributed by atoms with van der Waals surface area (Å²) in [4.78, 5) is 24.9. The van der Waals surface area contributed by atoms with Gasteiger partial charge in [-0.05, 0) is 71.0 Å². The van der Waals surface area contributed by atoms with Crippen LogP contribution in [-0.2, 0) is 31.5 Å². The molecule has 1 atom stereocenters. The molecule has 0 aromatic heterocycles. The van der Waals surface area contributed by atoms with Crippen molar-refractivity contribution in [2.45, 2.75) is 64.2 Å². The first-order valence-corrected chi connectivity index (χ1v) is 12.0. The molecule has 0 spiro atoms. The number of carbonyl (C=O) groups excluding carboxylic acids is 2. The zero-order valence-corrected chi connectivity index (χ0v) is 20.2. The average Bonchev–Trinajstić information content (AvgIpc) is 3.33. The molecular weight excluding hydrogens is 414 g/mol. The van der Waals surface area contributed by atoms with E-state index in [9.17, 15) is 9.59 Å². The van der Waals surface area contributed by atoms with Crippen LogP contribution in [0, 0.1) is 5.92 Å². The first kappa shape index (κ1) is 23.5. The molecule has 1 aliphatic heterocycles. The highest BCUT2D eigenvalue weighted by Gasteiger charge is 2.37. The highest BCUT2D eigenvalue weighted by atomic mass is 16.5. The largest absolute Gasteiger partial charge is 0.462 e. The van der Waals surface area contributed by atoms with E-state index in [0.29, 0.717) is 31.8 Å². The van der Waals surface area contributed by atoms with Crippen molar-refractivity contribution in [1.29, 1.82) is 0 Å². The number of benzene rings is 2. The van der Waals surface area contributed by atoms with Gasteiger partial charge in [-0.1, -0.05) is 45.9 Å². The lowest BCUT2D eigenvalue weighted by atomic mass is 9.63. The van der Waals surface area contributed by atoms with Crippen molar-refractivity contribution in [2.75, 3.05) is 25.1 Å². The molecule has 2 aromatic rings. The summed E-state index contributed by atoms with van der Waals surface area (Å²) >= 11 is 0. The maximum atomic E-state index is 12.7. The molecular formula is C28H35NO4. The molecule has 1 amide bonds. The monoisotopic (exact) mass is 449 g/mol. The van der Waals surface area contributed by atoms with Crippen LogP contribution in [0.5, 0.6) is 0 Å². The fourth-order valence-corrected chi connectivity index (χ4v) is 4.80. The molecule has 33 heavy (non-hydrogen) atoms. The number of rotatable bonds is 6. The normalized spacial score (nSPS) is 20.7. The molecule has 1 fully saturated rings. The molecule has 4 rings (SSSR count). The van der Waals surface area contributed by atoms with Crippen LogP contribution in [0.3, 0.4) is 0 Å². The van der Waals surface area contributed by atoms with Crippen LogP contribution in [0.1, 0.15) is 74.0 Å². The van der Waals surface area contributed by atoms with Crippen LogP contribution in [0.2, 0.25) is 0 Å². The molecule has 0 radical (unpaired) electrons. The van der Waals surface area contributed by atoms with Crippen molar-refractivity contribution < 1.29 is 19.1 Å². The number of fused-ring (bicyclic) bond motifs is 1. The second-order valence-corrected chi connectivity index (χ2v) is 10.7. The van der Waals surface area contributed by atoms with Crippen LogP contribution < -0.4 is 5.32 Å². The fourth-order valence-electron chi connectivity index (χ4n) is 4.80. The number of esters is 1. The number of carbonyl (C=O) groups is 2. The van der Waals surface area contributed by atoms with Crippen LogP contribution in [-0.4, -0.2) is 31.7 Å². The summed E-state index contributed by atoms with van der Waals surface area (Å²) in [6, 6.07) is 13.7. The lowest BCUT2D eigenvalue weighted by molar-refractivity contribution is -0.119. The van der Waals surface area contributed by atoms with Crippen molar-refractivity contribution in [3.8, 4) is 0 Å². The topological polar surface area (TPSA) is 64.6 Å². The van der Waals surface area contributed by atoms with Crippen molar-refractivity contribution >= 4 is 17.6 Å². The molecule has 1 aliphatic carbocycles. The van der Waals surface area contributed by atoms with E-state index in [2.05, 4.69) is 39.1 Å². The Morgan fingerprint density at radius 2 is 1.70 bits per heavy atom. The molecule has 1 heterocycles. The average molecular weight is 450 g/mol. The molecule has 1 unspecified atom stereocenters. The number of hydrogen-bond acceptors (Lipinski definition) is 4. The highest BCUT2D eigenvalue weighted by Crippen LogP contribution is 2.45. The van der Waals surface area contributed by atoms with Crippen molar-refractivity contribution in [1.82, 2.24) is 0 Å². The van der Waals surface area contributed by atoms with Crippen LogP contribution >= 0.6 is 0 Å². The van der Waals surface area contributed by atoms with E-state index in [4.69, 9.17) is 9.47 Å². The maximum absolute atomic E-state index is 12.7. The molecule has 5 heteroatoms. The van der Waals surface area contributed by atoms with E-state index in [-0.39, 0.29) is 28.6 Å². The minimum Gasteiger partial charge on any atom is -0.462 e. The van der Waals surface area contributed by atoms with Crippen LogP contribution in [0.15, 0.2) is 42.5 Å². The highest BCUT2D eigenvalue weighted by molar-refractivity contribution is 5.92. The summed E-state index contributed by atoms with van der Waals surface area (Å²) in [6.07, 6.45) is 3.65. The number of amides is 1. The maximum Gasteiger partial charge on any atom is 0.338 e. The van der Waals surface area contributed by atoms with Crippen LogP contribution in [0.4, 0.5) is 5.69 Å². The van der Waals surface area contributed by atoms with Gasteiger partial charge in [0.15, 0.2) is 0 Å². The van der Waals surface area contributed by atoms with Gasteiger partial charge in [0.05, 0.1) is 24.7 Å². The summed E-state index contributed by atoms with van der Waals surface area (Å²) in [6.45, 7) is 10.5. The number of ether oxygens (including phenoxy) is 2. The van der Waals surface area contributed by atoms with E-state index in [1.54, 1.807) is 0 Å². The van der Waals surface area contributed by atoms with Gasteiger partial charge in [-0.25, -0.2) is 4.79 Å². The Labute approximate surface area is 196 Å². The quantitative estimate of drug-likeness (QED) is 0.599. The minimum absolute atomic E-state index is 0.00537. The fraction of sp³-hybridized carbons (Fsp3) is 0.500. The number of hydrogen-bond donors (Lipinski definition) is 1. The van der Waals surface area contributed by atoms with E-state index in [1.807, 2.05) is 36.4 Å². The lowest BCUT2D eigenvalue weighted by Gasteiger charge is -2.41. The Balaban J connectivity index is 1.32. The number of anilines is 1. The van der Waals surface area contributed by atoms with Gasteiger partial charge < -0.3 is 14.8 Å². The summed E-state index contributed by atoms with van der Waals surface area (Å²) in [5, 5.41) is 2.94. The predicted molar refractivity (Wildman–Crippen MR) is 130 cm³/mol. The van der Waals surface area contributed by atoms with Gasteiger partial charge in [0.1, 0.15) is 0 Å². The molecule has 176 valence electrons. The predicted octanol–water partition coefficient (Wildman–Crippen LogP) is 5.41. The third-order valence-corrected chi connectivity index (χ3v) is 7.23. The smallest absolute Gasteiger partial charge is 0.338 e. The van der Waals surface area contributed by atoms with E-state index in [1.165, 1.54) is 11.1 Å². The van der Waals surface area contributed by atoms with Gasteiger partial charge in [-0.2, -0.15) is 0 Å². The Hall–Kier alpha value is -2.66. The lowest BCUT2D eigenvalue weighted by Crippen LogP contribution is -2.34. The first-order chi connectivity index (χ1) is 15.7. The first-order valence-electron chi connectivity index (χ1n) is 12.0. The minimum atomic E-state index is -0.278. The standard InChI is InChI=1S/C28H35NO4/c1-27(2)13-14-28(3,4)24-17-20(7-10-23(24)27)26(31)33-16-11-19-5-8-22(9-6-19)29-25(30)21-12-15-32-18-21/h5-10,17,21H,11-16,18H2,1-4H3,(H,29,30).